The van der Waals surface area contributed by atoms with Crippen LogP contribution in [0.5, 0.6) is 11.5 Å². The van der Waals surface area contributed by atoms with E-state index in [1.165, 1.54) is 12.1 Å². The monoisotopic (exact) mass is 399 g/mol. The van der Waals surface area contributed by atoms with E-state index < -0.39 is 42.4 Å². The minimum Gasteiger partial charge on any atom is -0.493 e. The molecule has 0 aliphatic carbocycles. The molecule has 1 rings (SSSR count). The molecule has 0 bridgehead atoms. The van der Waals surface area contributed by atoms with Crippen molar-refractivity contribution in [2.24, 2.45) is 0 Å². The van der Waals surface area contributed by atoms with Crippen molar-refractivity contribution in [2.75, 3.05) is 24.7 Å². The Morgan fingerprint density at radius 2 is 1.48 bits per heavy atom. The highest BCUT2D eigenvalue weighted by Crippen LogP contribution is 2.31. The van der Waals surface area contributed by atoms with Crippen molar-refractivity contribution in [3.05, 3.63) is 28.3 Å². The first-order chi connectivity index (χ1) is 11.5. The van der Waals surface area contributed by atoms with Crippen molar-refractivity contribution >= 4 is 25.9 Å². The van der Waals surface area contributed by atoms with Crippen LogP contribution in [0.1, 0.15) is 12.8 Å². The standard InChI is InChI=1S/C12H17NO10S2/c14-13(15)11-9-10(22-5-1-7-24(16,17)18)3-4-12(11)23-6-2-8-25(19,20)21/h3-4,9H,1-2,5-8H2,(H,16,17,18)(H,19,20,21). The Labute approximate surface area is 144 Å². The molecule has 0 atom stereocenters. The van der Waals surface area contributed by atoms with Crippen molar-refractivity contribution in [1.82, 2.24) is 0 Å². The highest BCUT2D eigenvalue weighted by Gasteiger charge is 2.17. The summed E-state index contributed by atoms with van der Waals surface area (Å²) in [5.41, 5.74) is -0.417. The smallest absolute Gasteiger partial charge is 0.314 e. The maximum atomic E-state index is 11.0. The van der Waals surface area contributed by atoms with E-state index in [-0.39, 0.29) is 37.6 Å². The second-order valence-electron chi connectivity index (χ2n) is 4.86. The molecule has 0 unspecified atom stereocenters. The van der Waals surface area contributed by atoms with Gasteiger partial charge in [0.2, 0.25) is 0 Å². The van der Waals surface area contributed by atoms with Gasteiger partial charge in [-0.1, -0.05) is 0 Å². The molecule has 0 aromatic heterocycles. The van der Waals surface area contributed by atoms with Gasteiger partial charge in [-0.2, -0.15) is 16.8 Å². The van der Waals surface area contributed by atoms with Gasteiger partial charge in [-0.15, -0.1) is 0 Å². The van der Waals surface area contributed by atoms with Gasteiger partial charge in [0.15, 0.2) is 5.75 Å². The van der Waals surface area contributed by atoms with Gasteiger partial charge in [0.1, 0.15) is 5.75 Å². The van der Waals surface area contributed by atoms with E-state index >= 15 is 0 Å². The zero-order valence-corrected chi connectivity index (χ0v) is 14.5. The van der Waals surface area contributed by atoms with Crippen LogP contribution in [0.2, 0.25) is 0 Å². The van der Waals surface area contributed by atoms with Crippen LogP contribution in [0.15, 0.2) is 18.2 Å². The molecule has 0 radical (unpaired) electrons. The summed E-state index contributed by atoms with van der Waals surface area (Å²) < 4.78 is 69.7. The second kappa shape index (κ2) is 8.94. The first kappa shape index (κ1) is 21.1. The van der Waals surface area contributed by atoms with Gasteiger partial charge in [0.05, 0.1) is 35.7 Å². The molecule has 11 nitrogen and oxygen atoms in total. The molecule has 1 aromatic rings. The maximum absolute atomic E-state index is 11.0. The molecule has 25 heavy (non-hydrogen) atoms. The van der Waals surface area contributed by atoms with E-state index in [0.717, 1.165) is 6.07 Å². The molecule has 142 valence electrons. The quantitative estimate of drug-likeness (QED) is 0.236. The Kier molecular flexibility index (Phi) is 7.54. The summed E-state index contributed by atoms with van der Waals surface area (Å²) >= 11 is 0. The second-order valence-corrected chi connectivity index (χ2v) is 8.01. The van der Waals surface area contributed by atoms with Crippen LogP contribution in [0.25, 0.3) is 0 Å². The predicted octanol–water partition coefficient (Wildman–Crippen LogP) is 0.908. The van der Waals surface area contributed by atoms with Crippen LogP contribution in [0.3, 0.4) is 0 Å². The normalized spacial score (nSPS) is 11.9. The molecule has 0 heterocycles. The number of benzene rings is 1. The fourth-order valence-electron chi connectivity index (χ4n) is 1.71. The molecule has 0 aliphatic heterocycles. The lowest BCUT2D eigenvalue weighted by Crippen LogP contribution is -2.10. The number of hydrogen-bond acceptors (Lipinski definition) is 8. The average Bonchev–Trinajstić information content (AvgIpc) is 2.46. The van der Waals surface area contributed by atoms with Gasteiger partial charge in [0.25, 0.3) is 20.2 Å². The number of rotatable bonds is 11. The van der Waals surface area contributed by atoms with Gasteiger partial charge in [-0.3, -0.25) is 19.2 Å². The fourth-order valence-corrected chi connectivity index (χ4v) is 2.67. The zero-order valence-electron chi connectivity index (χ0n) is 12.9. The average molecular weight is 399 g/mol. The lowest BCUT2D eigenvalue weighted by atomic mass is 10.3. The molecule has 1 aromatic carbocycles. The summed E-state index contributed by atoms with van der Waals surface area (Å²) in [6.45, 7) is -0.235. The summed E-state index contributed by atoms with van der Waals surface area (Å²) in [5, 5.41) is 11.0. The van der Waals surface area contributed by atoms with E-state index in [1.807, 2.05) is 0 Å². The molecular formula is C12H17NO10S2. The summed E-state index contributed by atoms with van der Waals surface area (Å²) in [5.74, 6) is -1.03. The lowest BCUT2D eigenvalue weighted by Gasteiger charge is -2.09. The third-order valence-corrected chi connectivity index (χ3v) is 4.36. The van der Waals surface area contributed by atoms with Crippen molar-refractivity contribution in [3.8, 4) is 11.5 Å². The summed E-state index contributed by atoms with van der Waals surface area (Å²) in [4.78, 5) is 10.3. The lowest BCUT2D eigenvalue weighted by molar-refractivity contribution is -0.385. The Morgan fingerprint density at radius 3 is 1.96 bits per heavy atom. The van der Waals surface area contributed by atoms with Gasteiger partial charge in [0, 0.05) is 0 Å². The van der Waals surface area contributed by atoms with E-state index in [4.69, 9.17) is 18.6 Å². The van der Waals surface area contributed by atoms with Crippen LogP contribution in [0.4, 0.5) is 5.69 Å². The minimum atomic E-state index is -4.13. The van der Waals surface area contributed by atoms with Gasteiger partial charge < -0.3 is 9.47 Å². The highest BCUT2D eigenvalue weighted by atomic mass is 32.2. The van der Waals surface area contributed by atoms with E-state index in [9.17, 15) is 26.9 Å². The molecule has 0 spiro atoms. The van der Waals surface area contributed by atoms with E-state index in [2.05, 4.69) is 0 Å². The van der Waals surface area contributed by atoms with Crippen LogP contribution >= 0.6 is 0 Å². The van der Waals surface area contributed by atoms with Crippen molar-refractivity contribution < 1.29 is 40.3 Å². The Bertz CT molecular complexity index is 803. The van der Waals surface area contributed by atoms with Crippen molar-refractivity contribution in [2.45, 2.75) is 12.8 Å². The number of nitro benzene ring substituents is 1. The molecule has 13 heteroatoms. The topological polar surface area (TPSA) is 170 Å². The SMILES string of the molecule is O=[N+]([O-])c1cc(OCCCS(=O)(=O)O)ccc1OCCCS(=O)(=O)O. The highest BCUT2D eigenvalue weighted by molar-refractivity contribution is 7.86. The Balaban J connectivity index is 2.64. The first-order valence-electron chi connectivity index (χ1n) is 6.92. The number of hydrogen-bond donors (Lipinski definition) is 2. The van der Waals surface area contributed by atoms with Crippen LogP contribution < -0.4 is 9.47 Å². The Morgan fingerprint density at radius 1 is 0.960 bits per heavy atom. The third-order valence-electron chi connectivity index (χ3n) is 2.75. The Hall–Kier alpha value is -1.96. The maximum Gasteiger partial charge on any atom is 0.314 e. The molecule has 0 amide bonds. The third kappa shape index (κ3) is 9.19. The molecule has 0 aliphatic rings. The van der Waals surface area contributed by atoms with Gasteiger partial charge in [-0.25, -0.2) is 0 Å². The molecule has 0 saturated heterocycles. The number of nitrogens with zero attached hydrogens (tertiary/aromatic N) is 1. The summed E-state index contributed by atoms with van der Waals surface area (Å²) in [6.07, 6.45) is -0.0512. The van der Waals surface area contributed by atoms with Crippen molar-refractivity contribution in [3.63, 3.8) is 0 Å². The fraction of sp³-hybridized carbons (Fsp3) is 0.500. The molecule has 2 N–H and O–H groups in total. The van der Waals surface area contributed by atoms with E-state index in [0.29, 0.717) is 0 Å². The summed E-state index contributed by atoms with van der Waals surface area (Å²) in [6, 6.07) is 3.69. The largest absolute Gasteiger partial charge is 0.493 e. The van der Waals surface area contributed by atoms with E-state index in [1.54, 1.807) is 0 Å². The zero-order chi connectivity index (χ0) is 19.1. The van der Waals surface area contributed by atoms with Gasteiger partial charge >= 0.3 is 5.69 Å². The van der Waals surface area contributed by atoms with Crippen molar-refractivity contribution in [1.29, 1.82) is 0 Å². The summed E-state index contributed by atoms with van der Waals surface area (Å²) in [7, 11) is -8.23. The molecule has 0 saturated carbocycles. The molecule has 0 fully saturated rings. The predicted molar refractivity (Wildman–Crippen MR) is 86.2 cm³/mol. The number of ether oxygens (including phenoxy) is 2. The van der Waals surface area contributed by atoms with Crippen LogP contribution in [0, 0.1) is 10.1 Å². The van der Waals surface area contributed by atoms with Crippen LogP contribution in [-0.4, -0.2) is 55.6 Å². The first-order valence-corrected chi connectivity index (χ1v) is 10.1. The van der Waals surface area contributed by atoms with Gasteiger partial charge in [-0.05, 0) is 25.0 Å². The minimum absolute atomic E-state index is 0.000512. The molecular weight excluding hydrogens is 382 g/mol. The number of nitro groups is 1. The van der Waals surface area contributed by atoms with Crippen LogP contribution in [-0.2, 0) is 20.2 Å².